The zero-order chi connectivity index (χ0) is 12.7. The number of hydrogen-bond acceptors (Lipinski definition) is 3. The Morgan fingerprint density at radius 3 is 1.94 bits per heavy atom. The molecule has 0 fully saturated rings. The molecule has 0 aliphatic heterocycles. The van der Waals surface area contributed by atoms with Crippen molar-refractivity contribution in [2.45, 2.75) is 27.7 Å². The minimum Gasteiger partial charge on any atom is -0.384 e. The van der Waals surface area contributed by atoms with Gasteiger partial charge in [-0.2, -0.15) is 0 Å². The predicted molar refractivity (Wildman–Crippen MR) is 78.0 cm³/mol. The van der Waals surface area contributed by atoms with Gasteiger partial charge in [0.05, 0.1) is 17.1 Å². The quantitative estimate of drug-likeness (QED) is 0.676. The molecule has 0 unspecified atom stereocenters. The highest BCUT2D eigenvalue weighted by molar-refractivity contribution is 5.83. The summed E-state index contributed by atoms with van der Waals surface area (Å²) < 4.78 is 0. The van der Waals surface area contributed by atoms with E-state index in [4.69, 9.17) is 0 Å². The second-order valence-electron chi connectivity index (χ2n) is 4.08. The van der Waals surface area contributed by atoms with Crippen molar-refractivity contribution in [3.63, 3.8) is 0 Å². The van der Waals surface area contributed by atoms with Crippen molar-refractivity contribution in [1.29, 1.82) is 0 Å². The second kappa shape index (κ2) is 7.05. The predicted octanol–water partition coefficient (Wildman–Crippen LogP) is 3.49. The Bertz CT molecular complexity index is 320. The van der Waals surface area contributed by atoms with Crippen LogP contribution in [0.5, 0.6) is 0 Å². The lowest BCUT2D eigenvalue weighted by Crippen LogP contribution is -2.10. The Balaban J connectivity index is 3.06. The smallest absolute Gasteiger partial charge is 0.0811 e. The Labute approximate surface area is 105 Å². The summed E-state index contributed by atoms with van der Waals surface area (Å²) in [4.78, 5) is 0. The molecule has 1 rings (SSSR count). The third kappa shape index (κ3) is 3.84. The Morgan fingerprint density at radius 2 is 1.53 bits per heavy atom. The third-order valence-corrected chi connectivity index (χ3v) is 2.50. The largest absolute Gasteiger partial charge is 0.384 e. The van der Waals surface area contributed by atoms with Crippen LogP contribution in [-0.2, 0) is 0 Å². The van der Waals surface area contributed by atoms with Crippen molar-refractivity contribution in [2.75, 3.05) is 35.6 Å². The zero-order valence-electron chi connectivity index (χ0n) is 11.4. The molecule has 0 heterocycles. The summed E-state index contributed by atoms with van der Waals surface area (Å²) in [7, 11) is 0. The van der Waals surface area contributed by atoms with Crippen LogP contribution in [0.3, 0.4) is 0 Å². The molecule has 0 spiro atoms. The Hall–Kier alpha value is -1.38. The van der Waals surface area contributed by atoms with Gasteiger partial charge in [0.2, 0.25) is 0 Å². The van der Waals surface area contributed by atoms with Gasteiger partial charge in [-0.25, -0.2) is 0 Å². The van der Waals surface area contributed by atoms with Crippen molar-refractivity contribution in [1.82, 2.24) is 0 Å². The van der Waals surface area contributed by atoms with E-state index in [0.29, 0.717) is 0 Å². The molecule has 0 amide bonds. The van der Waals surface area contributed by atoms with Crippen molar-refractivity contribution in [3.8, 4) is 0 Å². The second-order valence-corrected chi connectivity index (χ2v) is 4.08. The van der Waals surface area contributed by atoms with E-state index in [9.17, 15) is 0 Å². The fourth-order valence-corrected chi connectivity index (χ4v) is 1.84. The third-order valence-electron chi connectivity index (χ3n) is 2.50. The molecular weight excluding hydrogens is 210 g/mol. The lowest BCUT2D eigenvalue weighted by Gasteiger charge is -2.18. The molecule has 17 heavy (non-hydrogen) atoms. The molecule has 3 heteroatoms. The maximum Gasteiger partial charge on any atom is 0.0811 e. The summed E-state index contributed by atoms with van der Waals surface area (Å²) in [5.41, 5.74) is 4.77. The van der Waals surface area contributed by atoms with Crippen molar-refractivity contribution < 1.29 is 0 Å². The standard InChI is InChI=1S/C14H24N3/c1-5-8-17-14-12(15-6-2)9-11(4)10-13(14)16-7-3/h5,9-10,15-17H,6-8H2,1-4H3. The van der Waals surface area contributed by atoms with Gasteiger partial charge in [-0.3, -0.25) is 0 Å². The summed E-state index contributed by atoms with van der Waals surface area (Å²) in [6.07, 6.45) is 2.12. The van der Waals surface area contributed by atoms with E-state index in [1.165, 1.54) is 16.9 Å². The van der Waals surface area contributed by atoms with Gasteiger partial charge < -0.3 is 16.0 Å². The van der Waals surface area contributed by atoms with E-state index in [-0.39, 0.29) is 0 Å². The molecule has 0 bridgehead atoms. The van der Waals surface area contributed by atoms with E-state index < -0.39 is 0 Å². The van der Waals surface area contributed by atoms with Crippen LogP contribution < -0.4 is 16.0 Å². The number of benzene rings is 1. The number of rotatable bonds is 7. The monoisotopic (exact) mass is 234 g/mol. The molecule has 0 aromatic heterocycles. The van der Waals surface area contributed by atoms with Crippen LogP contribution in [0.25, 0.3) is 0 Å². The van der Waals surface area contributed by atoms with Crippen molar-refractivity contribution in [2.24, 2.45) is 0 Å². The van der Waals surface area contributed by atoms with Gasteiger partial charge in [0, 0.05) is 19.6 Å². The molecular formula is C14H24N3. The van der Waals surface area contributed by atoms with Crippen molar-refractivity contribution in [3.05, 3.63) is 24.1 Å². The number of aryl methyl sites for hydroxylation is 1. The normalized spacial score (nSPS) is 10.1. The molecule has 0 saturated carbocycles. The van der Waals surface area contributed by atoms with Crippen LogP contribution in [0.15, 0.2) is 12.1 Å². The fourth-order valence-electron chi connectivity index (χ4n) is 1.84. The molecule has 1 radical (unpaired) electrons. The van der Waals surface area contributed by atoms with Gasteiger partial charge in [0.1, 0.15) is 0 Å². The average Bonchev–Trinajstić information content (AvgIpc) is 2.29. The van der Waals surface area contributed by atoms with E-state index in [0.717, 1.165) is 25.3 Å². The highest BCUT2D eigenvalue weighted by Gasteiger charge is 2.08. The zero-order valence-corrected chi connectivity index (χ0v) is 11.4. The molecule has 1 aromatic carbocycles. The van der Waals surface area contributed by atoms with Crippen LogP contribution >= 0.6 is 0 Å². The molecule has 0 saturated heterocycles. The number of hydrogen-bond donors (Lipinski definition) is 3. The van der Waals surface area contributed by atoms with Crippen LogP contribution in [0.4, 0.5) is 17.1 Å². The van der Waals surface area contributed by atoms with Crippen LogP contribution in [-0.4, -0.2) is 19.6 Å². The van der Waals surface area contributed by atoms with E-state index >= 15 is 0 Å². The van der Waals surface area contributed by atoms with Crippen LogP contribution in [0.1, 0.15) is 26.3 Å². The topological polar surface area (TPSA) is 36.1 Å². The molecule has 3 N–H and O–H groups in total. The van der Waals surface area contributed by atoms with E-state index in [1.807, 2.05) is 0 Å². The first kappa shape index (κ1) is 13.7. The summed E-state index contributed by atoms with van der Waals surface area (Å²) >= 11 is 0. The first-order valence-corrected chi connectivity index (χ1v) is 6.37. The van der Waals surface area contributed by atoms with Crippen LogP contribution in [0.2, 0.25) is 0 Å². The summed E-state index contributed by atoms with van der Waals surface area (Å²) in [6, 6.07) is 4.37. The van der Waals surface area contributed by atoms with Gasteiger partial charge in [-0.1, -0.05) is 6.92 Å². The minimum absolute atomic E-state index is 0.875. The first-order valence-electron chi connectivity index (χ1n) is 6.37. The molecule has 0 aliphatic rings. The molecule has 0 aliphatic carbocycles. The fraction of sp³-hybridized carbons (Fsp3) is 0.500. The van der Waals surface area contributed by atoms with Gasteiger partial charge in [-0.15, -0.1) is 0 Å². The Kier molecular flexibility index (Phi) is 5.67. The number of nitrogens with one attached hydrogen (secondary N) is 3. The molecule has 0 atom stereocenters. The van der Waals surface area contributed by atoms with Gasteiger partial charge in [0.25, 0.3) is 0 Å². The number of anilines is 3. The SMILES string of the molecule is C[CH]CNc1c(NCC)cc(C)cc1NCC. The van der Waals surface area contributed by atoms with Gasteiger partial charge in [-0.05, 0) is 44.9 Å². The Morgan fingerprint density at radius 1 is 1.00 bits per heavy atom. The maximum absolute atomic E-state index is 3.45. The van der Waals surface area contributed by atoms with Gasteiger partial charge in [0.15, 0.2) is 0 Å². The average molecular weight is 234 g/mol. The highest BCUT2D eigenvalue weighted by atomic mass is 15.0. The maximum atomic E-state index is 3.45. The van der Waals surface area contributed by atoms with Crippen molar-refractivity contribution >= 4 is 17.1 Å². The summed E-state index contributed by atoms with van der Waals surface area (Å²) in [5, 5.41) is 10.3. The molecule has 95 valence electrons. The van der Waals surface area contributed by atoms with Gasteiger partial charge >= 0.3 is 0 Å². The minimum atomic E-state index is 0.875. The highest BCUT2D eigenvalue weighted by Crippen LogP contribution is 2.32. The lowest BCUT2D eigenvalue weighted by atomic mass is 10.1. The first-order chi connectivity index (χ1) is 8.22. The molecule has 1 aromatic rings. The summed E-state index contributed by atoms with van der Waals surface area (Å²) in [5.74, 6) is 0. The molecule has 3 nitrogen and oxygen atoms in total. The van der Waals surface area contributed by atoms with Crippen LogP contribution in [0, 0.1) is 13.3 Å². The van der Waals surface area contributed by atoms with E-state index in [1.54, 1.807) is 0 Å². The summed E-state index contributed by atoms with van der Waals surface area (Å²) in [6.45, 7) is 11.1. The lowest BCUT2D eigenvalue weighted by molar-refractivity contribution is 1.16. The van der Waals surface area contributed by atoms with E-state index in [2.05, 4.69) is 62.2 Å².